The zero-order chi connectivity index (χ0) is 21.7. The molecule has 4 aromatic rings. The number of rotatable bonds is 7. The van der Waals surface area contributed by atoms with E-state index in [9.17, 15) is 8.42 Å². The van der Waals surface area contributed by atoms with Crippen molar-refractivity contribution in [2.75, 3.05) is 11.8 Å². The maximum Gasteiger partial charge on any atom is 0.264 e. The average Bonchev–Trinajstić information content (AvgIpc) is 2.80. The second kappa shape index (κ2) is 8.85. The number of nitrogens with one attached hydrogen (secondary N) is 1. The van der Waals surface area contributed by atoms with Crippen molar-refractivity contribution in [3.8, 4) is 28.6 Å². The maximum atomic E-state index is 12.8. The molecule has 1 aromatic heterocycles. The topological polar surface area (TPSA) is 90.4 Å². The Balaban J connectivity index is 1.73. The summed E-state index contributed by atoms with van der Waals surface area (Å²) >= 11 is 0. The van der Waals surface area contributed by atoms with Crippen LogP contribution in [-0.4, -0.2) is 25.5 Å². The molecule has 1 N–H and O–H groups in total. The molecule has 0 aliphatic heterocycles. The van der Waals surface area contributed by atoms with E-state index in [-0.39, 0.29) is 16.7 Å². The molecule has 0 unspecified atom stereocenters. The van der Waals surface area contributed by atoms with Crippen molar-refractivity contribution in [2.24, 2.45) is 0 Å². The number of ether oxygens (including phenoxy) is 2. The van der Waals surface area contributed by atoms with Gasteiger partial charge in [-0.2, -0.15) is 4.98 Å². The largest absolute Gasteiger partial charge is 0.497 e. The van der Waals surface area contributed by atoms with E-state index >= 15 is 0 Å². The summed E-state index contributed by atoms with van der Waals surface area (Å²) < 4.78 is 39.0. The van der Waals surface area contributed by atoms with Gasteiger partial charge in [-0.3, -0.25) is 0 Å². The maximum absolute atomic E-state index is 12.8. The molecular formula is C23H19N3O4S. The summed E-state index contributed by atoms with van der Waals surface area (Å²) in [7, 11) is -2.30. The highest BCUT2D eigenvalue weighted by Crippen LogP contribution is 2.28. The Bertz CT molecular complexity index is 1280. The van der Waals surface area contributed by atoms with Gasteiger partial charge in [-0.05, 0) is 24.3 Å². The highest BCUT2D eigenvalue weighted by Gasteiger charge is 2.17. The zero-order valence-corrected chi connectivity index (χ0v) is 17.4. The van der Waals surface area contributed by atoms with Gasteiger partial charge in [0.2, 0.25) is 11.8 Å². The number of anilines is 1. The fraction of sp³-hybridized carbons (Fsp3) is 0.0435. The highest BCUT2D eigenvalue weighted by molar-refractivity contribution is 7.92. The van der Waals surface area contributed by atoms with Crippen molar-refractivity contribution in [1.29, 1.82) is 0 Å². The van der Waals surface area contributed by atoms with E-state index in [1.165, 1.54) is 12.1 Å². The molecule has 0 fully saturated rings. The van der Waals surface area contributed by atoms with E-state index < -0.39 is 10.0 Å². The quantitative estimate of drug-likeness (QED) is 0.453. The first-order valence-electron chi connectivity index (χ1n) is 9.38. The number of sulfonamides is 1. The summed E-state index contributed by atoms with van der Waals surface area (Å²) in [5, 5.41) is 0. The van der Waals surface area contributed by atoms with Crippen LogP contribution in [0, 0.1) is 0 Å². The first-order chi connectivity index (χ1) is 15.0. The van der Waals surface area contributed by atoms with Crippen molar-refractivity contribution in [1.82, 2.24) is 9.97 Å². The molecule has 0 saturated carbocycles. The highest BCUT2D eigenvalue weighted by atomic mass is 32.2. The van der Waals surface area contributed by atoms with Crippen molar-refractivity contribution >= 4 is 16.0 Å². The van der Waals surface area contributed by atoms with Gasteiger partial charge in [-0.15, -0.1) is 0 Å². The molecule has 1 heterocycles. The van der Waals surface area contributed by atoms with E-state index in [4.69, 9.17) is 9.47 Å². The van der Waals surface area contributed by atoms with E-state index in [2.05, 4.69) is 14.7 Å². The Labute approximate surface area is 180 Å². The summed E-state index contributed by atoms with van der Waals surface area (Å²) in [6.07, 6.45) is 0. The second-order valence-electron chi connectivity index (χ2n) is 6.48. The van der Waals surface area contributed by atoms with Gasteiger partial charge in [0.15, 0.2) is 0 Å². The SMILES string of the molecule is COc1cccc(Oc2cc(-c3ccccc3)nc(NS(=O)(=O)c3ccccc3)n2)c1. The van der Waals surface area contributed by atoms with Gasteiger partial charge >= 0.3 is 0 Å². The van der Waals surface area contributed by atoms with Gasteiger partial charge in [0.05, 0.1) is 17.7 Å². The monoisotopic (exact) mass is 433 g/mol. The van der Waals surface area contributed by atoms with Crippen LogP contribution in [0.5, 0.6) is 17.4 Å². The van der Waals surface area contributed by atoms with E-state index in [1.54, 1.807) is 55.6 Å². The van der Waals surface area contributed by atoms with Crippen LogP contribution in [0.4, 0.5) is 5.95 Å². The van der Waals surface area contributed by atoms with Crippen molar-refractivity contribution < 1.29 is 17.9 Å². The number of nitrogens with zero attached hydrogens (tertiary/aromatic N) is 2. The molecule has 0 radical (unpaired) electrons. The zero-order valence-electron chi connectivity index (χ0n) is 16.6. The van der Waals surface area contributed by atoms with Gasteiger partial charge in [0.1, 0.15) is 11.5 Å². The summed E-state index contributed by atoms with van der Waals surface area (Å²) in [6, 6.07) is 26.1. The normalized spacial score (nSPS) is 11.0. The van der Waals surface area contributed by atoms with Crippen LogP contribution in [-0.2, 0) is 10.0 Å². The van der Waals surface area contributed by atoms with Gasteiger partial charge in [-0.1, -0.05) is 54.6 Å². The number of methoxy groups -OCH3 is 1. The third kappa shape index (κ3) is 4.99. The molecule has 0 aliphatic carbocycles. The third-order valence-electron chi connectivity index (χ3n) is 4.31. The Morgan fingerprint density at radius 1 is 0.774 bits per heavy atom. The summed E-state index contributed by atoms with van der Waals surface area (Å²) in [5.74, 6) is 1.21. The minimum atomic E-state index is -3.86. The molecule has 156 valence electrons. The molecule has 31 heavy (non-hydrogen) atoms. The molecule has 3 aromatic carbocycles. The lowest BCUT2D eigenvalue weighted by atomic mass is 10.1. The molecule has 0 atom stereocenters. The number of aromatic nitrogens is 2. The predicted octanol–water partition coefficient (Wildman–Crippen LogP) is 4.75. The van der Waals surface area contributed by atoms with Crippen LogP contribution >= 0.6 is 0 Å². The predicted molar refractivity (Wildman–Crippen MR) is 118 cm³/mol. The Morgan fingerprint density at radius 3 is 2.16 bits per heavy atom. The van der Waals surface area contributed by atoms with Gasteiger partial charge in [0.25, 0.3) is 10.0 Å². The molecule has 0 bridgehead atoms. The minimum absolute atomic E-state index is 0.0943. The van der Waals surface area contributed by atoms with E-state index in [0.29, 0.717) is 17.2 Å². The number of hydrogen-bond donors (Lipinski definition) is 1. The third-order valence-corrected chi connectivity index (χ3v) is 5.66. The standard InChI is InChI=1S/C23H19N3O4S/c1-29-18-11-8-12-19(15-18)30-22-16-21(17-9-4-2-5-10-17)24-23(25-22)26-31(27,28)20-13-6-3-7-14-20/h2-16H,1H3,(H,24,25,26). The smallest absolute Gasteiger partial charge is 0.264 e. The summed E-state index contributed by atoms with van der Waals surface area (Å²) in [6.45, 7) is 0. The number of benzene rings is 3. The Kier molecular flexibility index (Phi) is 5.81. The fourth-order valence-electron chi connectivity index (χ4n) is 2.84. The van der Waals surface area contributed by atoms with E-state index in [0.717, 1.165) is 5.56 Å². The molecule has 0 aliphatic rings. The van der Waals surface area contributed by atoms with Crippen molar-refractivity contribution in [3.63, 3.8) is 0 Å². The van der Waals surface area contributed by atoms with Crippen molar-refractivity contribution in [3.05, 3.63) is 91.0 Å². The second-order valence-corrected chi connectivity index (χ2v) is 8.16. The van der Waals surface area contributed by atoms with Crippen LogP contribution in [0.1, 0.15) is 0 Å². The molecule has 7 nitrogen and oxygen atoms in total. The van der Waals surface area contributed by atoms with Gasteiger partial charge in [-0.25, -0.2) is 18.1 Å². The van der Waals surface area contributed by atoms with E-state index in [1.807, 2.05) is 30.3 Å². The molecule has 0 saturated heterocycles. The van der Waals surface area contributed by atoms with Crippen LogP contribution in [0.2, 0.25) is 0 Å². The van der Waals surface area contributed by atoms with Crippen LogP contribution in [0.15, 0.2) is 95.9 Å². The van der Waals surface area contributed by atoms with Crippen molar-refractivity contribution in [2.45, 2.75) is 4.90 Å². The van der Waals surface area contributed by atoms with Crippen LogP contribution < -0.4 is 14.2 Å². The lowest BCUT2D eigenvalue weighted by Crippen LogP contribution is -2.15. The van der Waals surface area contributed by atoms with Gasteiger partial charge in [0, 0.05) is 17.7 Å². The summed E-state index contributed by atoms with van der Waals surface area (Å²) in [5.41, 5.74) is 1.31. The molecule has 0 amide bonds. The lowest BCUT2D eigenvalue weighted by Gasteiger charge is -2.12. The lowest BCUT2D eigenvalue weighted by molar-refractivity contribution is 0.407. The molecule has 0 spiro atoms. The first kappa shape index (κ1) is 20.4. The Morgan fingerprint density at radius 2 is 1.45 bits per heavy atom. The fourth-order valence-corrected chi connectivity index (χ4v) is 3.81. The average molecular weight is 433 g/mol. The van der Waals surface area contributed by atoms with Crippen LogP contribution in [0.25, 0.3) is 11.3 Å². The first-order valence-corrected chi connectivity index (χ1v) is 10.9. The van der Waals surface area contributed by atoms with Gasteiger partial charge < -0.3 is 9.47 Å². The molecular weight excluding hydrogens is 414 g/mol. The molecule has 4 rings (SSSR count). The molecule has 8 heteroatoms. The Hall–Kier alpha value is -3.91. The number of hydrogen-bond acceptors (Lipinski definition) is 6. The minimum Gasteiger partial charge on any atom is -0.497 e. The van der Waals surface area contributed by atoms with Crippen LogP contribution in [0.3, 0.4) is 0 Å². The summed E-state index contributed by atoms with van der Waals surface area (Å²) in [4.78, 5) is 8.75.